The predicted octanol–water partition coefficient (Wildman–Crippen LogP) is 4.10. The monoisotopic (exact) mass is 345 g/mol. The first-order chi connectivity index (χ1) is 9.50. The lowest BCUT2D eigenvalue weighted by Crippen LogP contribution is -2.41. The van der Waals surface area contributed by atoms with Gasteiger partial charge in [-0.25, -0.2) is 8.78 Å². The second-order valence-corrected chi connectivity index (χ2v) is 6.46. The maximum atomic E-state index is 13.9. The molecule has 1 aliphatic carbocycles. The molecule has 1 saturated carbocycles. The highest BCUT2D eigenvalue weighted by Gasteiger charge is 2.26. The zero-order chi connectivity index (χ0) is 14.7. The summed E-state index contributed by atoms with van der Waals surface area (Å²) < 4.78 is 27.6. The molecule has 2 unspecified atom stereocenters. The Balaban J connectivity index is 2.17. The highest BCUT2D eigenvalue weighted by Crippen LogP contribution is 2.24. The lowest BCUT2D eigenvalue weighted by atomic mass is 10.1. The van der Waals surface area contributed by atoms with Crippen molar-refractivity contribution in [1.82, 2.24) is 5.32 Å². The fourth-order valence-corrected chi connectivity index (χ4v) is 3.25. The largest absolute Gasteiger partial charge is 0.348 e. The molecule has 2 atom stereocenters. The molecule has 5 heteroatoms. The summed E-state index contributed by atoms with van der Waals surface area (Å²) in [5.74, 6) is -2.26. The molecular weight excluding hydrogens is 328 g/mol. The van der Waals surface area contributed by atoms with Gasteiger partial charge < -0.3 is 5.32 Å². The van der Waals surface area contributed by atoms with Crippen LogP contribution >= 0.6 is 15.9 Å². The van der Waals surface area contributed by atoms with E-state index in [4.69, 9.17) is 0 Å². The van der Waals surface area contributed by atoms with Crippen LogP contribution < -0.4 is 5.32 Å². The van der Waals surface area contributed by atoms with Gasteiger partial charge in [-0.3, -0.25) is 4.79 Å². The minimum atomic E-state index is -0.814. The molecule has 0 heterocycles. The molecule has 0 aromatic heterocycles. The van der Waals surface area contributed by atoms with E-state index in [0.717, 1.165) is 38.2 Å². The van der Waals surface area contributed by atoms with Crippen LogP contribution in [0, 0.1) is 18.6 Å². The molecule has 1 aromatic rings. The Morgan fingerprint density at radius 2 is 1.95 bits per heavy atom. The lowest BCUT2D eigenvalue weighted by molar-refractivity contribution is 0.0926. The van der Waals surface area contributed by atoms with Crippen molar-refractivity contribution in [2.45, 2.75) is 49.9 Å². The van der Waals surface area contributed by atoms with Crippen molar-refractivity contribution in [3.05, 3.63) is 34.9 Å². The lowest BCUT2D eigenvalue weighted by Gasteiger charge is -2.22. The summed E-state index contributed by atoms with van der Waals surface area (Å²) in [5.41, 5.74) is -0.207. The first kappa shape index (κ1) is 15.4. The first-order valence-corrected chi connectivity index (χ1v) is 7.82. The van der Waals surface area contributed by atoms with E-state index in [9.17, 15) is 13.6 Å². The Morgan fingerprint density at radius 1 is 1.25 bits per heavy atom. The number of halogens is 3. The third kappa shape index (κ3) is 3.37. The molecule has 0 saturated heterocycles. The van der Waals surface area contributed by atoms with E-state index in [2.05, 4.69) is 21.2 Å². The zero-order valence-electron chi connectivity index (χ0n) is 11.4. The standard InChI is InChI=1S/C15H18BrF2NO/c1-9-7-8-11(17)13(14(9)18)15(20)19-12-6-4-2-3-5-10(12)16/h7-8,10,12H,2-6H2,1H3,(H,19,20). The number of hydrogen-bond donors (Lipinski definition) is 1. The maximum Gasteiger partial charge on any atom is 0.257 e. The Labute approximate surface area is 126 Å². The summed E-state index contributed by atoms with van der Waals surface area (Å²) in [7, 11) is 0. The highest BCUT2D eigenvalue weighted by atomic mass is 79.9. The number of aryl methyl sites for hydroxylation is 1. The summed E-state index contributed by atoms with van der Waals surface area (Å²) >= 11 is 3.56. The van der Waals surface area contributed by atoms with Crippen LogP contribution in [0.5, 0.6) is 0 Å². The zero-order valence-corrected chi connectivity index (χ0v) is 13.0. The number of benzene rings is 1. The van der Waals surface area contributed by atoms with Crippen molar-refractivity contribution in [1.29, 1.82) is 0 Å². The summed E-state index contributed by atoms with van der Waals surface area (Å²) in [4.78, 5) is 12.3. The molecule has 2 rings (SSSR count). The normalized spacial score (nSPS) is 23.2. The topological polar surface area (TPSA) is 29.1 Å². The van der Waals surface area contributed by atoms with Crippen LogP contribution in [0.1, 0.15) is 48.0 Å². The van der Waals surface area contributed by atoms with Crippen LogP contribution in [-0.4, -0.2) is 16.8 Å². The number of alkyl halides is 1. The van der Waals surface area contributed by atoms with Crippen LogP contribution in [-0.2, 0) is 0 Å². The maximum absolute atomic E-state index is 13.9. The van der Waals surface area contributed by atoms with Gasteiger partial charge in [0.15, 0.2) is 0 Å². The molecule has 1 aliphatic rings. The average Bonchev–Trinajstić information content (AvgIpc) is 2.60. The van der Waals surface area contributed by atoms with Gasteiger partial charge >= 0.3 is 0 Å². The molecule has 1 aromatic carbocycles. The molecule has 1 fully saturated rings. The van der Waals surface area contributed by atoms with Crippen molar-refractivity contribution in [3.8, 4) is 0 Å². The Hall–Kier alpha value is -0.970. The third-order valence-electron chi connectivity index (χ3n) is 3.76. The van der Waals surface area contributed by atoms with Gasteiger partial charge in [-0.1, -0.05) is 41.3 Å². The van der Waals surface area contributed by atoms with E-state index in [1.54, 1.807) is 0 Å². The van der Waals surface area contributed by atoms with Gasteiger partial charge in [0, 0.05) is 10.9 Å². The van der Waals surface area contributed by atoms with Crippen molar-refractivity contribution in [3.63, 3.8) is 0 Å². The molecule has 110 valence electrons. The van der Waals surface area contributed by atoms with Crippen molar-refractivity contribution in [2.75, 3.05) is 0 Å². The number of carbonyl (C=O) groups excluding carboxylic acids is 1. The van der Waals surface area contributed by atoms with E-state index >= 15 is 0 Å². The third-order valence-corrected chi connectivity index (χ3v) is 4.86. The van der Waals surface area contributed by atoms with Crippen LogP contribution in [0.4, 0.5) is 8.78 Å². The molecule has 1 amide bonds. The molecule has 0 bridgehead atoms. The van der Waals surface area contributed by atoms with E-state index in [1.807, 2.05) is 0 Å². The second-order valence-electron chi connectivity index (χ2n) is 5.29. The molecule has 0 aliphatic heterocycles. The van der Waals surface area contributed by atoms with Crippen LogP contribution in [0.15, 0.2) is 12.1 Å². The number of nitrogens with one attached hydrogen (secondary N) is 1. The van der Waals surface area contributed by atoms with Gasteiger partial charge in [0.1, 0.15) is 17.2 Å². The summed E-state index contributed by atoms with van der Waals surface area (Å²) in [6.07, 6.45) is 5.04. The number of carbonyl (C=O) groups is 1. The molecule has 1 N–H and O–H groups in total. The van der Waals surface area contributed by atoms with Gasteiger partial charge in [0.2, 0.25) is 0 Å². The molecule has 0 spiro atoms. The molecule has 20 heavy (non-hydrogen) atoms. The van der Waals surface area contributed by atoms with Crippen LogP contribution in [0.2, 0.25) is 0 Å². The fourth-order valence-electron chi connectivity index (χ4n) is 2.53. The van der Waals surface area contributed by atoms with Crippen LogP contribution in [0.25, 0.3) is 0 Å². The Kier molecular flexibility index (Phi) is 5.13. The van der Waals surface area contributed by atoms with Crippen LogP contribution in [0.3, 0.4) is 0 Å². The minimum absolute atomic E-state index is 0.0793. The summed E-state index contributed by atoms with van der Waals surface area (Å²) in [5, 5.41) is 2.77. The second kappa shape index (κ2) is 6.66. The smallest absolute Gasteiger partial charge is 0.257 e. The van der Waals surface area contributed by atoms with Crippen molar-refractivity contribution >= 4 is 21.8 Å². The first-order valence-electron chi connectivity index (χ1n) is 6.90. The van der Waals surface area contributed by atoms with Crippen molar-refractivity contribution < 1.29 is 13.6 Å². The van der Waals surface area contributed by atoms with E-state index in [-0.39, 0.29) is 16.4 Å². The summed E-state index contributed by atoms with van der Waals surface area (Å²) in [6.45, 7) is 1.52. The van der Waals surface area contributed by atoms with E-state index in [0.29, 0.717) is 0 Å². The van der Waals surface area contributed by atoms with Crippen molar-refractivity contribution in [2.24, 2.45) is 0 Å². The van der Waals surface area contributed by atoms with E-state index < -0.39 is 23.1 Å². The number of rotatable bonds is 2. The molecule has 2 nitrogen and oxygen atoms in total. The minimum Gasteiger partial charge on any atom is -0.348 e. The fraction of sp³-hybridized carbons (Fsp3) is 0.533. The average molecular weight is 346 g/mol. The molecular formula is C15H18BrF2NO. The predicted molar refractivity (Wildman–Crippen MR) is 78.1 cm³/mol. The highest BCUT2D eigenvalue weighted by molar-refractivity contribution is 9.09. The Morgan fingerprint density at radius 3 is 2.70 bits per heavy atom. The van der Waals surface area contributed by atoms with Gasteiger partial charge in [0.05, 0.1) is 0 Å². The number of hydrogen-bond acceptors (Lipinski definition) is 1. The van der Waals surface area contributed by atoms with Gasteiger partial charge in [0.25, 0.3) is 5.91 Å². The van der Waals surface area contributed by atoms with Gasteiger partial charge in [-0.05, 0) is 31.4 Å². The van der Waals surface area contributed by atoms with Gasteiger partial charge in [-0.15, -0.1) is 0 Å². The number of amides is 1. The summed E-state index contributed by atoms with van der Waals surface area (Å²) in [6, 6.07) is 2.39. The van der Waals surface area contributed by atoms with Gasteiger partial charge in [-0.2, -0.15) is 0 Å². The Bertz CT molecular complexity index is 507. The quantitative estimate of drug-likeness (QED) is 0.634. The SMILES string of the molecule is Cc1ccc(F)c(C(=O)NC2CCCCCC2Br)c1F. The van der Waals surface area contributed by atoms with E-state index in [1.165, 1.54) is 13.0 Å². The molecule has 0 radical (unpaired) electrons.